The molecule has 4 nitrogen and oxygen atoms in total. The molecule has 0 saturated heterocycles. The molecule has 3 rings (SSSR count). The van der Waals surface area contributed by atoms with Crippen molar-refractivity contribution < 1.29 is 4.79 Å². The number of carbonyl (C=O) groups is 1. The van der Waals surface area contributed by atoms with Gasteiger partial charge in [-0.05, 0) is 56.4 Å². The van der Waals surface area contributed by atoms with E-state index in [1.165, 1.54) is 40.6 Å². The molecular weight excluding hydrogens is 302 g/mol. The first-order valence-electron chi connectivity index (χ1n) is 7.01. The molecule has 0 bridgehead atoms. The molecule has 0 aliphatic heterocycles. The van der Waals surface area contributed by atoms with Crippen LogP contribution < -0.4 is 5.32 Å². The predicted molar refractivity (Wildman–Crippen MR) is 87.1 cm³/mol. The van der Waals surface area contributed by atoms with Gasteiger partial charge in [0.2, 0.25) is 5.91 Å². The highest BCUT2D eigenvalue weighted by Gasteiger charge is 2.18. The number of nitrogens with zero attached hydrogens (tertiary/aromatic N) is 2. The number of hydrogen-bond acceptors (Lipinski definition) is 5. The van der Waals surface area contributed by atoms with Gasteiger partial charge in [0.05, 0.1) is 5.25 Å². The van der Waals surface area contributed by atoms with Crippen LogP contribution in [0.1, 0.15) is 29.5 Å². The number of amides is 1. The fraction of sp³-hybridized carbons (Fsp3) is 0.400. The minimum Gasteiger partial charge on any atom is -0.325 e. The molecule has 1 amide bonds. The highest BCUT2D eigenvalue weighted by molar-refractivity contribution is 8.02. The van der Waals surface area contributed by atoms with Crippen LogP contribution in [0.4, 0.5) is 5.69 Å². The fourth-order valence-electron chi connectivity index (χ4n) is 2.42. The summed E-state index contributed by atoms with van der Waals surface area (Å²) in [4.78, 5) is 12.2. The molecule has 0 unspecified atom stereocenters. The van der Waals surface area contributed by atoms with Crippen molar-refractivity contribution in [2.75, 3.05) is 5.32 Å². The molecule has 1 aromatic carbocycles. The van der Waals surface area contributed by atoms with Crippen LogP contribution in [0.3, 0.4) is 0 Å². The molecule has 0 spiro atoms. The van der Waals surface area contributed by atoms with Gasteiger partial charge < -0.3 is 5.32 Å². The minimum absolute atomic E-state index is 0.00537. The molecule has 6 heteroatoms. The number of fused-ring (bicyclic) bond motifs is 1. The molecule has 2 aromatic rings. The van der Waals surface area contributed by atoms with Gasteiger partial charge in [0.25, 0.3) is 0 Å². The molecule has 21 heavy (non-hydrogen) atoms. The molecule has 1 heterocycles. The number of rotatable bonds is 4. The Balaban J connectivity index is 1.63. The highest BCUT2D eigenvalue weighted by Crippen LogP contribution is 2.28. The molecule has 110 valence electrons. The fourth-order valence-corrected chi connectivity index (χ4v) is 4.38. The van der Waals surface area contributed by atoms with Gasteiger partial charge in [-0.1, -0.05) is 29.2 Å². The first-order chi connectivity index (χ1) is 10.1. The lowest BCUT2D eigenvalue weighted by atomic mass is 10.1. The molecule has 0 radical (unpaired) electrons. The Hall–Kier alpha value is -1.40. The molecule has 1 atom stereocenters. The van der Waals surface area contributed by atoms with Gasteiger partial charge in [-0.25, -0.2) is 0 Å². The third-order valence-electron chi connectivity index (χ3n) is 3.52. The van der Waals surface area contributed by atoms with E-state index in [2.05, 4.69) is 27.6 Å². The van der Waals surface area contributed by atoms with Crippen LogP contribution in [0.2, 0.25) is 0 Å². The number of thioether (sulfide) groups is 1. The highest BCUT2D eigenvalue weighted by atomic mass is 32.2. The molecule has 0 fully saturated rings. The SMILES string of the molecule is Cc1nnc(S[C@H](C)C(=O)Nc2ccc3c(c2)CCC3)s1. The summed E-state index contributed by atoms with van der Waals surface area (Å²) in [7, 11) is 0. The van der Waals surface area contributed by atoms with E-state index in [-0.39, 0.29) is 11.2 Å². The smallest absolute Gasteiger partial charge is 0.237 e. The van der Waals surface area contributed by atoms with Crippen LogP contribution in [0.15, 0.2) is 22.5 Å². The summed E-state index contributed by atoms with van der Waals surface area (Å²) >= 11 is 2.97. The van der Waals surface area contributed by atoms with Crippen molar-refractivity contribution in [2.24, 2.45) is 0 Å². The monoisotopic (exact) mass is 319 g/mol. The molecule has 1 aromatic heterocycles. The van der Waals surface area contributed by atoms with E-state index in [1.54, 1.807) is 0 Å². The van der Waals surface area contributed by atoms with E-state index >= 15 is 0 Å². The van der Waals surface area contributed by atoms with Crippen molar-refractivity contribution in [1.29, 1.82) is 0 Å². The predicted octanol–water partition coefficient (Wildman–Crippen LogP) is 3.45. The summed E-state index contributed by atoms with van der Waals surface area (Å²) in [5.74, 6) is 0.00537. The van der Waals surface area contributed by atoms with Crippen molar-refractivity contribution >= 4 is 34.7 Å². The number of hydrogen-bond donors (Lipinski definition) is 1. The summed E-state index contributed by atoms with van der Waals surface area (Å²) in [5, 5.41) is 11.7. The van der Waals surface area contributed by atoms with Crippen LogP contribution in [0, 0.1) is 6.92 Å². The number of carbonyl (C=O) groups excluding carboxylic acids is 1. The lowest BCUT2D eigenvalue weighted by Crippen LogP contribution is -2.22. The summed E-state index contributed by atoms with van der Waals surface area (Å²) in [6.07, 6.45) is 3.50. The van der Waals surface area contributed by atoms with Gasteiger partial charge in [-0.15, -0.1) is 10.2 Å². The topological polar surface area (TPSA) is 54.9 Å². The summed E-state index contributed by atoms with van der Waals surface area (Å²) in [5.41, 5.74) is 3.68. The summed E-state index contributed by atoms with van der Waals surface area (Å²) < 4.78 is 0.837. The van der Waals surface area contributed by atoms with Gasteiger partial charge in [0, 0.05) is 5.69 Å². The van der Waals surface area contributed by atoms with Gasteiger partial charge in [0.1, 0.15) is 5.01 Å². The third kappa shape index (κ3) is 3.44. The number of aromatic nitrogens is 2. The van der Waals surface area contributed by atoms with E-state index in [9.17, 15) is 4.79 Å². The zero-order valence-corrected chi connectivity index (χ0v) is 13.7. The van der Waals surface area contributed by atoms with Gasteiger partial charge in [0.15, 0.2) is 4.34 Å². The van der Waals surface area contributed by atoms with Crippen molar-refractivity contribution in [3.8, 4) is 0 Å². The van der Waals surface area contributed by atoms with Crippen molar-refractivity contribution in [2.45, 2.75) is 42.7 Å². The Kier molecular flexibility index (Phi) is 4.26. The maximum Gasteiger partial charge on any atom is 0.237 e. The molecular formula is C15H17N3OS2. The molecule has 1 N–H and O–H groups in total. The summed E-state index contributed by atoms with van der Waals surface area (Å²) in [6, 6.07) is 6.23. The zero-order valence-electron chi connectivity index (χ0n) is 12.0. The number of anilines is 1. The Morgan fingerprint density at radius 1 is 1.33 bits per heavy atom. The van der Waals surface area contributed by atoms with E-state index in [0.717, 1.165) is 27.9 Å². The Labute approximate surface area is 132 Å². The molecule has 1 aliphatic carbocycles. The quantitative estimate of drug-likeness (QED) is 0.877. The van der Waals surface area contributed by atoms with Crippen molar-refractivity contribution in [1.82, 2.24) is 10.2 Å². The van der Waals surface area contributed by atoms with Crippen LogP contribution in [-0.2, 0) is 17.6 Å². The lowest BCUT2D eigenvalue weighted by molar-refractivity contribution is -0.115. The third-order valence-corrected chi connectivity index (χ3v) is 5.54. The van der Waals surface area contributed by atoms with Crippen molar-refractivity contribution in [3.63, 3.8) is 0 Å². The maximum atomic E-state index is 12.2. The van der Waals surface area contributed by atoms with Crippen molar-refractivity contribution in [3.05, 3.63) is 34.3 Å². The second-order valence-electron chi connectivity index (χ2n) is 5.17. The lowest BCUT2D eigenvalue weighted by Gasteiger charge is -2.11. The largest absolute Gasteiger partial charge is 0.325 e. The van der Waals surface area contributed by atoms with E-state index in [0.29, 0.717) is 0 Å². The number of aryl methyl sites for hydroxylation is 3. The van der Waals surface area contributed by atoms with E-state index < -0.39 is 0 Å². The first kappa shape index (κ1) is 14.5. The summed E-state index contributed by atoms with van der Waals surface area (Å²) in [6.45, 7) is 3.81. The van der Waals surface area contributed by atoms with Crippen LogP contribution in [0.5, 0.6) is 0 Å². The minimum atomic E-state index is -0.189. The Morgan fingerprint density at radius 2 is 2.14 bits per heavy atom. The van der Waals surface area contributed by atoms with Crippen LogP contribution >= 0.6 is 23.1 Å². The molecule has 0 saturated carbocycles. The second kappa shape index (κ2) is 6.15. The second-order valence-corrected chi connectivity index (χ2v) is 7.94. The van der Waals surface area contributed by atoms with Crippen LogP contribution in [0.25, 0.3) is 0 Å². The molecule has 1 aliphatic rings. The number of nitrogens with one attached hydrogen (secondary N) is 1. The normalized spacial score (nSPS) is 14.8. The first-order valence-corrected chi connectivity index (χ1v) is 8.71. The average molecular weight is 319 g/mol. The number of benzene rings is 1. The van der Waals surface area contributed by atoms with Crippen LogP contribution in [-0.4, -0.2) is 21.4 Å². The standard InChI is InChI=1S/C15H17N3OS2/c1-9(20-15-18-17-10(2)21-15)14(19)16-13-7-6-11-4-3-5-12(11)8-13/h6-9H,3-5H2,1-2H3,(H,16,19)/t9-/m1/s1. The average Bonchev–Trinajstić information content (AvgIpc) is 3.07. The van der Waals surface area contributed by atoms with Gasteiger partial charge >= 0.3 is 0 Å². The maximum absolute atomic E-state index is 12.2. The van der Waals surface area contributed by atoms with Gasteiger partial charge in [-0.3, -0.25) is 4.79 Å². The zero-order chi connectivity index (χ0) is 14.8. The van der Waals surface area contributed by atoms with E-state index in [4.69, 9.17) is 0 Å². The van der Waals surface area contributed by atoms with Gasteiger partial charge in [-0.2, -0.15) is 0 Å². The van der Waals surface area contributed by atoms with E-state index in [1.807, 2.05) is 19.9 Å². The Morgan fingerprint density at radius 3 is 2.90 bits per heavy atom. The Bertz CT molecular complexity index is 669.